The summed E-state index contributed by atoms with van der Waals surface area (Å²) in [6, 6.07) is 7.38. The number of morpholine rings is 1. The molecule has 1 heterocycles. The molecule has 1 aromatic rings. The average molecular weight is 337 g/mol. The summed E-state index contributed by atoms with van der Waals surface area (Å²) in [7, 11) is -3.10. The summed E-state index contributed by atoms with van der Waals surface area (Å²) in [4.78, 5) is 2.88. The van der Waals surface area contributed by atoms with E-state index in [0.29, 0.717) is 4.90 Å². The van der Waals surface area contributed by atoms with Crippen molar-refractivity contribution in [2.45, 2.75) is 56.1 Å². The van der Waals surface area contributed by atoms with E-state index in [4.69, 9.17) is 4.74 Å². The minimum absolute atomic E-state index is 0.0714. The molecular weight excluding hydrogens is 310 g/mol. The van der Waals surface area contributed by atoms with Gasteiger partial charge in [-0.25, -0.2) is 8.42 Å². The Bertz CT molecular complexity index is 613. The highest BCUT2D eigenvalue weighted by Crippen LogP contribution is 2.34. The first kappa shape index (κ1) is 16.9. The maximum atomic E-state index is 11.9. The van der Waals surface area contributed by atoms with Crippen molar-refractivity contribution < 1.29 is 13.2 Å². The van der Waals surface area contributed by atoms with Crippen molar-refractivity contribution in [2.75, 3.05) is 25.4 Å². The minimum atomic E-state index is -3.10. The summed E-state index contributed by atoms with van der Waals surface area (Å²) in [6.45, 7) is 5.32. The third-order valence-corrected chi connectivity index (χ3v) is 6.91. The van der Waals surface area contributed by atoms with Crippen LogP contribution in [0.3, 0.4) is 0 Å². The quantitative estimate of drug-likeness (QED) is 0.847. The van der Waals surface area contributed by atoms with Crippen LogP contribution in [-0.2, 0) is 21.1 Å². The van der Waals surface area contributed by atoms with Crippen molar-refractivity contribution in [2.24, 2.45) is 0 Å². The predicted octanol–water partition coefficient (Wildman–Crippen LogP) is 3.02. The van der Waals surface area contributed by atoms with Crippen LogP contribution < -0.4 is 0 Å². The summed E-state index contributed by atoms with van der Waals surface area (Å²) in [6.07, 6.45) is 6.24. The van der Waals surface area contributed by atoms with Crippen LogP contribution >= 0.6 is 0 Å². The van der Waals surface area contributed by atoms with E-state index in [2.05, 4.69) is 4.90 Å². The number of sulfone groups is 1. The highest BCUT2D eigenvalue weighted by atomic mass is 32.2. The molecule has 1 saturated heterocycles. The van der Waals surface area contributed by atoms with Gasteiger partial charge in [-0.2, -0.15) is 0 Å². The Kier molecular flexibility index (Phi) is 5.09. The Morgan fingerprint density at radius 2 is 1.83 bits per heavy atom. The Balaban J connectivity index is 1.65. The molecule has 1 spiro atoms. The van der Waals surface area contributed by atoms with Gasteiger partial charge in [-0.15, -0.1) is 0 Å². The van der Waals surface area contributed by atoms with Crippen molar-refractivity contribution in [1.82, 2.24) is 4.90 Å². The third-order valence-electron chi connectivity index (χ3n) is 5.16. The van der Waals surface area contributed by atoms with E-state index < -0.39 is 9.84 Å². The number of ether oxygens (including phenoxy) is 1. The van der Waals surface area contributed by atoms with E-state index in [-0.39, 0.29) is 11.4 Å². The lowest BCUT2D eigenvalue weighted by Gasteiger charge is -2.45. The smallest absolute Gasteiger partial charge is 0.178 e. The zero-order valence-electron chi connectivity index (χ0n) is 14.0. The Labute approximate surface area is 139 Å². The standard InChI is InChI=1S/C18H27NO3S/c1-2-23(20,21)17-8-6-16(7-9-17)14-19-12-13-22-18(15-19)10-4-3-5-11-18/h6-9H,2-5,10-15H2,1H3. The number of nitrogens with zero attached hydrogens (tertiary/aromatic N) is 1. The Morgan fingerprint density at radius 3 is 2.48 bits per heavy atom. The van der Waals surface area contributed by atoms with E-state index >= 15 is 0 Å². The Hall–Kier alpha value is -0.910. The van der Waals surface area contributed by atoms with Gasteiger partial charge < -0.3 is 4.74 Å². The van der Waals surface area contributed by atoms with Gasteiger partial charge >= 0.3 is 0 Å². The largest absolute Gasteiger partial charge is 0.372 e. The van der Waals surface area contributed by atoms with Gasteiger partial charge in [0.05, 0.1) is 22.9 Å². The summed E-state index contributed by atoms with van der Waals surface area (Å²) < 4.78 is 29.9. The molecule has 128 valence electrons. The van der Waals surface area contributed by atoms with Crippen LogP contribution in [0.5, 0.6) is 0 Å². The second kappa shape index (κ2) is 6.91. The number of hydrogen-bond acceptors (Lipinski definition) is 4. The van der Waals surface area contributed by atoms with Crippen molar-refractivity contribution in [3.05, 3.63) is 29.8 Å². The van der Waals surface area contributed by atoms with E-state index in [9.17, 15) is 8.42 Å². The van der Waals surface area contributed by atoms with Crippen LogP contribution in [0, 0.1) is 0 Å². The monoisotopic (exact) mass is 337 g/mol. The van der Waals surface area contributed by atoms with Gasteiger partial charge in [-0.05, 0) is 30.5 Å². The van der Waals surface area contributed by atoms with Crippen LogP contribution in [0.1, 0.15) is 44.6 Å². The fourth-order valence-electron chi connectivity index (χ4n) is 3.78. The van der Waals surface area contributed by atoms with E-state index in [0.717, 1.165) is 26.2 Å². The molecule has 0 N–H and O–H groups in total. The summed E-state index contributed by atoms with van der Waals surface area (Å²) in [5.74, 6) is 0.151. The summed E-state index contributed by atoms with van der Waals surface area (Å²) in [5.41, 5.74) is 1.25. The molecule has 0 radical (unpaired) electrons. The lowest BCUT2D eigenvalue weighted by atomic mass is 9.83. The SMILES string of the molecule is CCS(=O)(=O)c1ccc(CN2CCOC3(CCCCC3)C2)cc1. The van der Waals surface area contributed by atoms with Crippen molar-refractivity contribution in [3.8, 4) is 0 Å². The van der Waals surface area contributed by atoms with Crippen LogP contribution in [0.4, 0.5) is 0 Å². The minimum Gasteiger partial charge on any atom is -0.372 e. The fourth-order valence-corrected chi connectivity index (χ4v) is 4.67. The number of rotatable bonds is 4. The van der Waals surface area contributed by atoms with Crippen LogP contribution in [0.2, 0.25) is 0 Å². The van der Waals surface area contributed by atoms with Gasteiger partial charge in [0.25, 0.3) is 0 Å². The molecule has 0 bridgehead atoms. The first-order chi connectivity index (χ1) is 11.0. The highest BCUT2D eigenvalue weighted by Gasteiger charge is 2.37. The lowest BCUT2D eigenvalue weighted by molar-refractivity contribution is -0.128. The second-order valence-corrected chi connectivity index (χ2v) is 9.13. The van der Waals surface area contributed by atoms with Gasteiger partial charge in [-0.1, -0.05) is 38.3 Å². The first-order valence-electron chi connectivity index (χ1n) is 8.71. The van der Waals surface area contributed by atoms with Crippen LogP contribution in [-0.4, -0.2) is 44.4 Å². The van der Waals surface area contributed by atoms with Gasteiger partial charge in [-0.3, -0.25) is 4.90 Å². The molecule has 0 aromatic heterocycles. The maximum Gasteiger partial charge on any atom is 0.178 e. The van der Waals surface area contributed by atoms with Gasteiger partial charge in [0.2, 0.25) is 0 Å². The molecule has 3 rings (SSSR count). The molecule has 23 heavy (non-hydrogen) atoms. The Morgan fingerprint density at radius 1 is 1.13 bits per heavy atom. The van der Waals surface area contributed by atoms with E-state index in [1.807, 2.05) is 12.1 Å². The average Bonchev–Trinajstić information content (AvgIpc) is 2.56. The molecule has 2 aliphatic rings. The summed E-state index contributed by atoms with van der Waals surface area (Å²) >= 11 is 0. The zero-order valence-corrected chi connectivity index (χ0v) is 14.8. The number of hydrogen-bond donors (Lipinski definition) is 0. The maximum absolute atomic E-state index is 11.9. The summed E-state index contributed by atoms with van der Waals surface area (Å²) in [5, 5.41) is 0. The zero-order chi connectivity index (χ0) is 16.3. The lowest BCUT2D eigenvalue weighted by Crippen LogP contribution is -2.52. The molecule has 1 aliphatic heterocycles. The first-order valence-corrected chi connectivity index (χ1v) is 10.4. The van der Waals surface area contributed by atoms with Crippen LogP contribution in [0.25, 0.3) is 0 Å². The topological polar surface area (TPSA) is 46.6 Å². The molecule has 0 unspecified atom stereocenters. The predicted molar refractivity (Wildman–Crippen MR) is 91.2 cm³/mol. The molecule has 1 aromatic carbocycles. The highest BCUT2D eigenvalue weighted by molar-refractivity contribution is 7.91. The number of benzene rings is 1. The second-order valence-electron chi connectivity index (χ2n) is 6.85. The van der Waals surface area contributed by atoms with Gasteiger partial charge in [0.15, 0.2) is 9.84 Å². The molecule has 1 saturated carbocycles. The van der Waals surface area contributed by atoms with E-state index in [1.54, 1.807) is 19.1 Å². The van der Waals surface area contributed by atoms with Crippen molar-refractivity contribution >= 4 is 9.84 Å². The van der Waals surface area contributed by atoms with E-state index in [1.165, 1.54) is 37.7 Å². The molecule has 1 aliphatic carbocycles. The molecule has 5 heteroatoms. The third kappa shape index (κ3) is 3.95. The molecule has 4 nitrogen and oxygen atoms in total. The van der Waals surface area contributed by atoms with Crippen LogP contribution in [0.15, 0.2) is 29.2 Å². The molecule has 0 atom stereocenters. The normalized spacial score (nSPS) is 22.3. The van der Waals surface area contributed by atoms with Crippen molar-refractivity contribution in [1.29, 1.82) is 0 Å². The fraction of sp³-hybridized carbons (Fsp3) is 0.667. The van der Waals surface area contributed by atoms with Gasteiger partial charge in [0, 0.05) is 19.6 Å². The van der Waals surface area contributed by atoms with Gasteiger partial charge in [0.1, 0.15) is 0 Å². The van der Waals surface area contributed by atoms with Crippen molar-refractivity contribution in [3.63, 3.8) is 0 Å². The molecule has 2 fully saturated rings. The molecular formula is C18H27NO3S. The molecule has 0 amide bonds.